The Morgan fingerprint density at radius 2 is 2.00 bits per heavy atom. The van der Waals surface area contributed by atoms with Crippen LogP contribution < -0.4 is 4.74 Å². The third kappa shape index (κ3) is 3.44. The molecule has 1 heterocycles. The molecule has 1 N–H and O–H groups in total. The molecule has 0 bridgehead atoms. The van der Waals surface area contributed by atoms with Crippen molar-refractivity contribution >= 4 is 15.9 Å². The molecule has 0 aliphatic carbocycles. The molecule has 0 aliphatic rings. The fraction of sp³-hybridized carbons (Fsp3) is 0.467. The van der Waals surface area contributed by atoms with E-state index in [1.54, 1.807) is 14.0 Å². The molecule has 2 rings (SSSR count). The van der Waals surface area contributed by atoms with E-state index in [0.717, 1.165) is 15.8 Å². The third-order valence-electron chi connectivity index (χ3n) is 3.37. The van der Waals surface area contributed by atoms with Crippen LogP contribution in [0.25, 0.3) is 11.4 Å². The van der Waals surface area contributed by atoms with Gasteiger partial charge in [-0.25, -0.2) is 0 Å². The van der Waals surface area contributed by atoms with Gasteiger partial charge >= 0.3 is 0 Å². The highest BCUT2D eigenvalue weighted by atomic mass is 79.9. The molecule has 0 aliphatic heterocycles. The first-order valence-corrected chi connectivity index (χ1v) is 7.59. The minimum Gasteiger partial charge on any atom is -0.496 e. The Bertz CT molecular complexity index is 603. The highest BCUT2D eigenvalue weighted by molar-refractivity contribution is 9.10. The summed E-state index contributed by atoms with van der Waals surface area (Å²) in [6.45, 7) is 5.77. The van der Waals surface area contributed by atoms with E-state index < -0.39 is 6.10 Å². The van der Waals surface area contributed by atoms with Gasteiger partial charge in [-0.15, -0.1) is 0 Å². The molecular formula is C15H19BrN2O3. The zero-order chi connectivity index (χ0) is 15.6. The molecular weight excluding hydrogens is 336 g/mol. The summed E-state index contributed by atoms with van der Waals surface area (Å²) < 4.78 is 11.4. The van der Waals surface area contributed by atoms with Crippen molar-refractivity contribution in [3.8, 4) is 17.1 Å². The molecule has 6 heteroatoms. The van der Waals surface area contributed by atoms with Crippen LogP contribution in [0.4, 0.5) is 0 Å². The van der Waals surface area contributed by atoms with Crippen LogP contribution in [0.1, 0.15) is 32.6 Å². The first kappa shape index (κ1) is 16.0. The number of aliphatic hydroxyl groups is 1. The van der Waals surface area contributed by atoms with Crippen LogP contribution in [-0.4, -0.2) is 28.5 Å². The van der Waals surface area contributed by atoms with Gasteiger partial charge in [0.2, 0.25) is 11.7 Å². The SMILES string of the molecule is COc1ccc(-c2noc(C(C(C)C)C(C)O)n2)cc1Br. The Morgan fingerprint density at radius 3 is 2.52 bits per heavy atom. The van der Waals surface area contributed by atoms with Crippen molar-refractivity contribution in [1.29, 1.82) is 0 Å². The van der Waals surface area contributed by atoms with E-state index in [-0.39, 0.29) is 11.8 Å². The van der Waals surface area contributed by atoms with Crippen LogP contribution >= 0.6 is 15.9 Å². The third-order valence-corrected chi connectivity index (χ3v) is 3.99. The zero-order valence-corrected chi connectivity index (χ0v) is 14.1. The summed E-state index contributed by atoms with van der Waals surface area (Å²) in [6.07, 6.45) is -0.541. The first-order chi connectivity index (χ1) is 9.93. The number of ether oxygens (including phenoxy) is 1. The van der Waals surface area contributed by atoms with Crippen molar-refractivity contribution in [2.45, 2.75) is 32.8 Å². The van der Waals surface area contributed by atoms with Gasteiger partial charge in [-0.2, -0.15) is 4.98 Å². The van der Waals surface area contributed by atoms with E-state index in [4.69, 9.17) is 9.26 Å². The molecule has 0 saturated carbocycles. The Morgan fingerprint density at radius 1 is 1.29 bits per heavy atom. The second-order valence-corrected chi connectivity index (χ2v) is 6.17. The van der Waals surface area contributed by atoms with Gasteiger partial charge in [0.15, 0.2) is 0 Å². The summed E-state index contributed by atoms with van der Waals surface area (Å²) in [5.41, 5.74) is 0.825. The second-order valence-electron chi connectivity index (χ2n) is 5.32. The highest BCUT2D eigenvalue weighted by Crippen LogP contribution is 2.31. The van der Waals surface area contributed by atoms with Crippen molar-refractivity contribution in [2.75, 3.05) is 7.11 Å². The average molecular weight is 355 g/mol. The number of aliphatic hydroxyl groups excluding tert-OH is 1. The lowest BCUT2D eigenvalue weighted by Crippen LogP contribution is -2.20. The lowest BCUT2D eigenvalue weighted by molar-refractivity contribution is 0.120. The topological polar surface area (TPSA) is 68.4 Å². The quantitative estimate of drug-likeness (QED) is 0.887. The maximum atomic E-state index is 9.88. The Hall–Kier alpha value is -1.40. The summed E-state index contributed by atoms with van der Waals surface area (Å²) in [5, 5.41) is 13.9. The Kier molecular flexibility index (Phi) is 5.00. The molecule has 5 nitrogen and oxygen atoms in total. The minimum atomic E-state index is -0.541. The molecule has 0 fully saturated rings. The molecule has 0 radical (unpaired) electrons. The maximum Gasteiger partial charge on any atom is 0.232 e. The second kappa shape index (κ2) is 6.58. The number of hydrogen-bond acceptors (Lipinski definition) is 5. The van der Waals surface area contributed by atoms with Crippen molar-refractivity contribution in [1.82, 2.24) is 10.1 Å². The van der Waals surface area contributed by atoms with Gasteiger partial charge in [-0.3, -0.25) is 0 Å². The predicted molar refractivity (Wildman–Crippen MR) is 83.2 cm³/mol. The highest BCUT2D eigenvalue weighted by Gasteiger charge is 2.27. The van der Waals surface area contributed by atoms with Gasteiger partial charge in [-0.1, -0.05) is 19.0 Å². The Labute approximate surface area is 132 Å². The molecule has 2 atom stereocenters. The van der Waals surface area contributed by atoms with E-state index >= 15 is 0 Å². The molecule has 114 valence electrons. The fourth-order valence-corrected chi connectivity index (χ4v) is 2.88. The molecule has 1 aromatic heterocycles. The summed E-state index contributed by atoms with van der Waals surface area (Å²) in [7, 11) is 1.61. The lowest BCUT2D eigenvalue weighted by atomic mass is 9.91. The van der Waals surface area contributed by atoms with E-state index in [0.29, 0.717) is 11.7 Å². The van der Waals surface area contributed by atoms with Crippen LogP contribution in [0.3, 0.4) is 0 Å². The van der Waals surface area contributed by atoms with Crippen LogP contribution in [-0.2, 0) is 0 Å². The zero-order valence-electron chi connectivity index (χ0n) is 12.5. The number of halogens is 1. The summed E-state index contributed by atoms with van der Waals surface area (Å²) in [6, 6.07) is 5.58. The fourth-order valence-electron chi connectivity index (χ4n) is 2.34. The van der Waals surface area contributed by atoms with Crippen LogP contribution in [0.5, 0.6) is 5.75 Å². The van der Waals surface area contributed by atoms with Gasteiger partial charge in [0.25, 0.3) is 0 Å². The van der Waals surface area contributed by atoms with Gasteiger partial charge in [0, 0.05) is 5.56 Å². The average Bonchev–Trinajstić information content (AvgIpc) is 2.87. The van der Waals surface area contributed by atoms with E-state index in [9.17, 15) is 5.11 Å². The van der Waals surface area contributed by atoms with E-state index in [1.807, 2.05) is 32.0 Å². The standard InChI is InChI=1S/C15H19BrN2O3/c1-8(2)13(9(3)19)15-17-14(18-21-15)10-5-6-12(20-4)11(16)7-10/h5-9,13,19H,1-4H3. The van der Waals surface area contributed by atoms with Crippen LogP contribution in [0, 0.1) is 5.92 Å². The van der Waals surface area contributed by atoms with Gasteiger partial charge in [-0.05, 0) is 47.0 Å². The van der Waals surface area contributed by atoms with Crippen molar-refractivity contribution in [3.05, 3.63) is 28.6 Å². The lowest BCUT2D eigenvalue weighted by Gasteiger charge is -2.19. The van der Waals surface area contributed by atoms with Crippen molar-refractivity contribution in [2.24, 2.45) is 5.92 Å². The molecule has 0 saturated heterocycles. The molecule has 2 aromatic rings. The summed E-state index contributed by atoms with van der Waals surface area (Å²) in [4.78, 5) is 4.42. The monoisotopic (exact) mass is 354 g/mol. The van der Waals surface area contributed by atoms with Gasteiger partial charge < -0.3 is 14.4 Å². The number of methoxy groups -OCH3 is 1. The van der Waals surface area contributed by atoms with Gasteiger partial charge in [0.05, 0.1) is 23.6 Å². The number of aromatic nitrogens is 2. The van der Waals surface area contributed by atoms with Crippen molar-refractivity contribution < 1.29 is 14.4 Å². The minimum absolute atomic E-state index is 0.173. The summed E-state index contributed by atoms with van der Waals surface area (Å²) in [5.74, 6) is 1.74. The molecule has 0 spiro atoms. The Balaban J connectivity index is 2.33. The molecule has 1 aromatic carbocycles. The van der Waals surface area contributed by atoms with Gasteiger partial charge in [0.1, 0.15) is 5.75 Å². The number of nitrogens with zero attached hydrogens (tertiary/aromatic N) is 2. The molecule has 2 unspecified atom stereocenters. The maximum absolute atomic E-state index is 9.88. The van der Waals surface area contributed by atoms with Crippen LogP contribution in [0.2, 0.25) is 0 Å². The van der Waals surface area contributed by atoms with E-state index in [2.05, 4.69) is 26.1 Å². The normalized spacial score (nSPS) is 14.2. The van der Waals surface area contributed by atoms with Crippen LogP contribution in [0.15, 0.2) is 27.2 Å². The number of benzene rings is 1. The smallest absolute Gasteiger partial charge is 0.232 e. The molecule has 0 amide bonds. The first-order valence-electron chi connectivity index (χ1n) is 6.79. The van der Waals surface area contributed by atoms with Crippen molar-refractivity contribution in [3.63, 3.8) is 0 Å². The molecule has 21 heavy (non-hydrogen) atoms. The predicted octanol–water partition coefficient (Wildman–Crippen LogP) is 3.63. The number of rotatable bonds is 5. The van der Waals surface area contributed by atoms with E-state index in [1.165, 1.54) is 0 Å². The largest absolute Gasteiger partial charge is 0.496 e. The summed E-state index contributed by atoms with van der Waals surface area (Å²) >= 11 is 3.44. The number of hydrogen-bond donors (Lipinski definition) is 1.